The Balaban J connectivity index is 2.76. The van der Waals surface area contributed by atoms with Crippen LogP contribution in [0, 0.1) is 12.7 Å². The Hall–Kier alpha value is -2.63. The van der Waals surface area contributed by atoms with Gasteiger partial charge in [-0.25, -0.2) is 9.37 Å². The lowest BCUT2D eigenvalue weighted by atomic mass is 10.0. The Kier molecular flexibility index (Phi) is 3.56. The third kappa shape index (κ3) is 2.27. The highest BCUT2D eigenvalue weighted by Crippen LogP contribution is 2.39. The van der Waals surface area contributed by atoms with Gasteiger partial charge in [0.1, 0.15) is 17.1 Å². The number of carbonyl (C=O) groups excluding carboxylic acids is 1. The van der Waals surface area contributed by atoms with Crippen molar-refractivity contribution in [2.75, 3.05) is 7.11 Å². The maximum atomic E-state index is 13.0. The zero-order valence-corrected chi connectivity index (χ0v) is 11.0. The average Bonchev–Trinajstić information content (AvgIpc) is 2.39. The molecule has 0 saturated carbocycles. The smallest absolute Gasteiger partial charge is 0.254 e. The minimum Gasteiger partial charge on any atom is -0.506 e. The van der Waals surface area contributed by atoms with E-state index < -0.39 is 11.7 Å². The number of aromatic nitrogens is 1. The molecule has 6 heteroatoms. The fourth-order valence-corrected chi connectivity index (χ4v) is 1.98. The number of carbonyl (C=O) groups is 1. The molecule has 0 unspecified atom stereocenters. The Bertz CT molecular complexity index is 669. The van der Waals surface area contributed by atoms with Crippen LogP contribution in [0.1, 0.15) is 16.1 Å². The largest absolute Gasteiger partial charge is 0.506 e. The van der Waals surface area contributed by atoms with Gasteiger partial charge >= 0.3 is 0 Å². The van der Waals surface area contributed by atoms with Gasteiger partial charge in [-0.05, 0) is 24.6 Å². The summed E-state index contributed by atoms with van der Waals surface area (Å²) in [5.41, 5.74) is 6.09. The number of nitrogens with zero attached hydrogens (tertiary/aromatic N) is 1. The Morgan fingerprint density at radius 1 is 1.35 bits per heavy atom. The van der Waals surface area contributed by atoms with Gasteiger partial charge in [-0.1, -0.05) is 12.1 Å². The summed E-state index contributed by atoms with van der Waals surface area (Å²) in [7, 11) is 1.39. The number of hydrogen-bond acceptors (Lipinski definition) is 4. The summed E-state index contributed by atoms with van der Waals surface area (Å²) in [5.74, 6) is -1.40. The predicted octanol–water partition coefficient (Wildman–Crippen LogP) is 2.01. The van der Waals surface area contributed by atoms with Gasteiger partial charge in [0, 0.05) is 0 Å². The number of aromatic hydroxyl groups is 1. The normalized spacial score (nSPS) is 10.3. The molecule has 20 heavy (non-hydrogen) atoms. The van der Waals surface area contributed by atoms with Crippen molar-refractivity contribution in [1.82, 2.24) is 4.98 Å². The first-order chi connectivity index (χ1) is 9.45. The Labute approximate surface area is 114 Å². The zero-order chi connectivity index (χ0) is 14.9. The van der Waals surface area contributed by atoms with Crippen LogP contribution in [0.25, 0.3) is 11.1 Å². The van der Waals surface area contributed by atoms with Gasteiger partial charge in [-0.15, -0.1) is 0 Å². The summed E-state index contributed by atoms with van der Waals surface area (Å²) in [6.45, 7) is 1.54. The van der Waals surface area contributed by atoms with Gasteiger partial charge in [0.05, 0.1) is 18.4 Å². The summed E-state index contributed by atoms with van der Waals surface area (Å²) in [4.78, 5) is 15.5. The number of benzene rings is 1. The first-order valence-corrected chi connectivity index (χ1v) is 5.79. The summed E-state index contributed by atoms with van der Waals surface area (Å²) in [6.07, 6.45) is 0. The second-order valence-electron chi connectivity index (χ2n) is 4.18. The number of rotatable bonds is 3. The van der Waals surface area contributed by atoms with E-state index in [1.807, 2.05) is 0 Å². The molecule has 2 aromatic rings. The molecule has 0 radical (unpaired) electrons. The first kappa shape index (κ1) is 13.8. The van der Waals surface area contributed by atoms with Crippen molar-refractivity contribution in [2.24, 2.45) is 5.73 Å². The molecule has 1 heterocycles. The standard InChI is InChI=1S/C14H13FN2O3/c1-7-10(13(16)19)12(18)11(14(17-7)20-2)8-3-5-9(15)6-4-8/h3-6H,1-2H3,(H2,16,19)(H,17,18). The van der Waals surface area contributed by atoms with Crippen LogP contribution >= 0.6 is 0 Å². The van der Waals surface area contributed by atoms with E-state index in [-0.39, 0.29) is 28.5 Å². The number of primary amides is 1. The fourth-order valence-electron chi connectivity index (χ4n) is 1.98. The Morgan fingerprint density at radius 3 is 2.45 bits per heavy atom. The van der Waals surface area contributed by atoms with Crippen LogP contribution in [0.2, 0.25) is 0 Å². The second-order valence-corrected chi connectivity index (χ2v) is 4.18. The van der Waals surface area contributed by atoms with E-state index in [1.165, 1.54) is 38.3 Å². The quantitative estimate of drug-likeness (QED) is 0.898. The van der Waals surface area contributed by atoms with Crippen molar-refractivity contribution in [3.05, 3.63) is 41.3 Å². The number of pyridine rings is 1. The van der Waals surface area contributed by atoms with Crippen molar-refractivity contribution in [2.45, 2.75) is 6.92 Å². The van der Waals surface area contributed by atoms with Crippen LogP contribution in [0.4, 0.5) is 4.39 Å². The van der Waals surface area contributed by atoms with E-state index in [2.05, 4.69) is 4.98 Å². The van der Waals surface area contributed by atoms with Gasteiger partial charge in [0.25, 0.3) is 5.91 Å². The number of amides is 1. The van der Waals surface area contributed by atoms with Crippen LogP contribution in [0.15, 0.2) is 24.3 Å². The molecule has 0 spiro atoms. The molecule has 5 nitrogen and oxygen atoms in total. The molecule has 1 amide bonds. The minimum absolute atomic E-state index is 0.0786. The zero-order valence-electron chi connectivity index (χ0n) is 11.0. The molecule has 0 aliphatic carbocycles. The highest BCUT2D eigenvalue weighted by atomic mass is 19.1. The molecular formula is C14H13FN2O3. The predicted molar refractivity (Wildman–Crippen MR) is 71.1 cm³/mol. The molecule has 0 bridgehead atoms. The first-order valence-electron chi connectivity index (χ1n) is 5.79. The third-order valence-corrected chi connectivity index (χ3v) is 2.89. The average molecular weight is 276 g/mol. The summed E-state index contributed by atoms with van der Waals surface area (Å²) in [5, 5.41) is 10.3. The summed E-state index contributed by atoms with van der Waals surface area (Å²) >= 11 is 0. The molecule has 0 atom stereocenters. The monoisotopic (exact) mass is 276 g/mol. The number of halogens is 1. The molecule has 1 aromatic heterocycles. The minimum atomic E-state index is -0.793. The van der Waals surface area contributed by atoms with Crippen LogP contribution in [0.3, 0.4) is 0 Å². The van der Waals surface area contributed by atoms with Crippen LogP contribution in [0.5, 0.6) is 11.6 Å². The van der Waals surface area contributed by atoms with Crippen LogP contribution in [-0.4, -0.2) is 23.1 Å². The number of hydrogen-bond donors (Lipinski definition) is 2. The highest BCUT2D eigenvalue weighted by Gasteiger charge is 2.22. The van der Waals surface area contributed by atoms with Crippen LogP contribution < -0.4 is 10.5 Å². The molecule has 2 rings (SSSR count). The Morgan fingerprint density at radius 2 is 1.95 bits per heavy atom. The van der Waals surface area contributed by atoms with Crippen LogP contribution in [-0.2, 0) is 0 Å². The molecule has 0 aliphatic rings. The van der Waals surface area contributed by atoms with E-state index in [0.29, 0.717) is 5.56 Å². The SMILES string of the molecule is COc1nc(C)c(C(N)=O)c(O)c1-c1ccc(F)cc1. The highest BCUT2D eigenvalue weighted by molar-refractivity contribution is 5.99. The molecule has 3 N–H and O–H groups in total. The van der Waals surface area contributed by atoms with Gasteiger partial charge < -0.3 is 15.6 Å². The maximum Gasteiger partial charge on any atom is 0.254 e. The fraction of sp³-hybridized carbons (Fsp3) is 0.143. The second kappa shape index (κ2) is 5.16. The van der Waals surface area contributed by atoms with Gasteiger partial charge in [-0.2, -0.15) is 0 Å². The lowest BCUT2D eigenvalue weighted by Gasteiger charge is -2.14. The van der Waals surface area contributed by atoms with Crippen molar-refractivity contribution >= 4 is 5.91 Å². The molecular weight excluding hydrogens is 263 g/mol. The number of ether oxygens (including phenoxy) is 1. The van der Waals surface area contributed by atoms with E-state index in [1.54, 1.807) is 0 Å². The lowest BCUT2D eigenvalue weighted by Crippen LogP contribution is -2.15. The van der Waals surface area contributed by atoms with E-state index >= 15 is 0 Å². The van der Waals surface area contributed by atoms with Crippen molar-refractivity contribution < 1.29 is 19.0 Å². The van der Waals surface area contributed by atoms with Crippen molar-refractivity contribution in [3.8, 4) is 22.8 Å². The van der Waals surface area contributed by atoms with Crippen molar-refractivity contribution in [3.63, 3.8) is 0 Å². The van der Waals surface area contributed by atoms with Gasteiger partial charge in [0.2, 0.25) is 5.88 Å². The molecule has 0 saturated heterocycles. The maximum absolute atomic E-state index is 13.0. The van der Waals surface area contributed by atoms with E-state index in [4.69, 9.17) is 10.5 Å². The van der Waals surface area contributed by atoms with E-state index in [9.17, 15) is 14.3 Å². The number of methoxy groups -OCH3 is 1. The summed E-state index contributed by atoms with van der Waals surface area (Å²) < 4.78 is 18.1. The molecule has 1 aromatic carbocycles. The van der Waals surface area contributed by atoms with Crippen molar-refractivity contribution in [1.29, 1.82) is 0 Å². The van der Waals surface area contributed by atoms with E-state index in [0.717, 1.165) is 0 Å². The molecule has 0 aliphatic heterocycles. The third-order valence-electron chi connectivity index (χ3n) is 2.89. The lowest BCUT2D eigenvalue weighted by molar-refractivity contribution is 0.0996. The number of aryl methyl sites for hydroxylation is 1. The topological polar surface area (TPSA) is 85.4 Å². The van der Waals surface area contributed by atoms with Gasteiger partial charge in [-0.3, -0.25) is 4.79 Å². The number of nitrogens with two attached hydrogens (primary N) is 1. The summed E-state index contributed by atoms with van der Waals surface area (Å²) in [6, 6.07) is 5.37. The van der Waals surface area contributed by atoms with Gasteiger partial charge in [0.15, 0.2) is 0 Å². The molecule has 0 fully saturated rings. The molecule has 104 valence electrons.